The fraction of sp³-hybridized carbons (Fsp3) is 0. The Hall–Kier alpha value is -0.560. The van der Waals surface area contributed by atoms with Crippen LogP contribution in [0.25, 0.3) is 0 Å². The van der Waals surface area contributed by atoms with E-state index in [0.717, 1.165) is 0 Å². The number of hydrogen-bond acceptors (Lipinski definition) is 3. The van der Waals surface area contributed by atoms with E-state index in [1.165, 1.54) is 6.20 Å². The molecule has 0 fully saturated rings. The van der Waals surface area contributed by atoms with E-state index in [9.17, 15) is 8.42 Å². The predicted octanol–water partition coefficient (Wildman–Crippen LogP) is -0.572. The van der Waals surface area contributed by atoms with Crippen LogP contribution < -0.4 is 10.5 Å². The first-order valence-electron chi connectivity index (χ1n) is 2.25. The smallest absolute Gasteiger partial charge is 0.343 e. The molecule has 1 aliphatic heterocycles. The fourth-order valence-electron chi connectivity index (χ4n) is 0.400. The Labute approximate surface area is 66.3 Å². The summed E-state index contributed by atoms with van der Waals surface area (Å²) in [5, 5.41) is 0. The van der Waals surface area contributed by atoms with Crippen molar-refractivity contribution in [3.63, 3.8) is 0 Å². The first-order valence-corrected chi connectivity index (χ1v) is 4.48. The van der Waals surface area contributed by atoms with Crippen molar-refractivity contribution in [3.8, 4) is 0 Å². The van der Waals surface area contributed by atoms with Crippen LogP contribution in [0.4, 0.5) is 0 Å². The van der Waals surface area contributed by atoms with Gasteiger partial charge in [0.2, 0.25) is 0 Å². The van der Waals surface area contributed by atoms with Gasteiger partial charge in [-0.15, -0.1) is 4.40 Å². The van der Waals surface area contributed by atoms with Gasteiger partial charge in [-0.25, -0.2) is 0 Å². The first-order chi connectivity index (χ1) is 4.51. The molecule has 0 spiro atoms. The Morgan fingerprint density at radius 3 is 2.70 bits per heavy atom. The molecule has 56 valence electrons. The van der Waals surface area contributed by atoms with Crippen molar-refractivity contribution in [1.82, 2.24) is 4.72 Å². The van der Waals surface area contributed by atoms with Crippen LogP contribution in [0.15, 0.2) is 15.1 Å². The summed E-state index contributed by atoms with van der Waals surface area (Å²) in [7, 11) is -3.56. The third-order valence-corrected chi connectivity index (χ3v) is 2.29. The molecule has 0 bridgehead atoms. The van der Waals surface area contributed by atoms with Crippen LogP contribution in [0.5, 0.6) is 0 Å². The lowest BCUT2D eigenvalue weighted by molar-refractivity contribution is 0.592. The molecule has 1 aliphatic rings. The second kappa shape index (κ2) is 2.24. The quantitative estimate of drug-likeness (QED) is 0.579. The predicted molar refractivity (Wildman–Crippen MR) is 40.7 cm³/mol. The summed E-state index contributed by atoms with van der Waals surface area (Å²) in [6.45, 7) is 0. The van der Waals surface area contributed by atoms with Gasteiger partial charge in [0.05, 0.1) is 4.48 Å². The summed E-state index contributed by atoms with van der Waals surface area (Å²) in [6.07, 6.45) is 1.22. The van der Waals surface area contributed by atoms with Gasteiger partial charge in [-0.2, -0.15) is 8.42 Å². The minimum Gasteiger partial charge on any atom is -0.382 e. The number of nitrogens with zero attached hydrogens (tertiary/aromatic N) is 1. The Balaban J connectivity index is 3.10. The van der Waals surface area contributed by atoms with Crippen molar-refractivity contribution < 1.29 is 8.42 Å². The third-order valence-electron chi connectivity index (χ3n) is 0.798. The van der Waals surface area contributed by atoms with E-state index in [1.807, 2.05) is 4.72 Å². The minimum absolute atomic E-state index is 0.0428. The maximum absolute atomic E-state index is 10.6. The van der Waals surface area contributed by atoms with Crippen LogP contribution >= 0.6 is 15.9 Å². The Morgan fingerprint density at radius 1 is 1.70 bits per heavy atom. The van der Waals surface area contributed by atoms with Crippen molar-refractivity contribution in [2.75, 3.05) is 0 Å². The van der Waals surface area contributed by atoms with Crippen LogP contribution in [0.2, 0.25) is 0 Å². The highest BCUT2D eigenvalue weighted by atomic mass is 79.9. The molecule has 0 saturated carbocycles. The lowest BCUT2D eigenvalue weighted by Crippen LogP contribution is -2.26. The van der Waals surface area contributed by atoms with Gasteiger partial charge in [0.25, 0.3) is 0 Å². The molecule has 0 unspecified atom stereocenters. The molecule has 0 saturated heterocycles. The molecular weight excluding hydrogens is 222 g/mol. The highest BCUT2D eigenvalue weighted by molar-refractivity contribution is 9.12. The van der Waals surface area contributed by atoms with E-state index in [0.29, 0.717) is 4.48 Å². The fourth-order valence-corrected chi connectivity index (χ4v) is 1.55. The van der Waals surface area contributed by atoms with Gasteiger partial charge in [0.1, 0.15) is 0 Å². The lowest BCUT2D eigenvalue weighted by atomic mass is 10.6. The molecular formula is C3H4BrN3O2S. The van der Waals surface area contributed by atoms with Gasteiger partial charge in [-0.1, -0.05) is 0 Å². The average molecular weight is 226 g/mol. The zero-order valence-corrected chi connectivity index (χ0v) is 7.11. The normalized spacial score (nSPS) is 22.5. The van der Waals surface area contributed by atoms with Crippen LogP contribution in [-0.4, -0.2) is 14.3 Å². The van der Waals surface area contributed by atoms with E-state index < -0.39 is 10.2 Å². The van der Waals surface area contributed by atoms with Gasteiger partial charge in [-0.05, 0) is 15.9 Å². The van der Waals surface area contributed by atoms with E-state index >= 15 is 0 Å². The molecule has 0 amide bonds. The Morgan fingerprint density at radius 2 is 2.30 bits per heavy atom. The zero-order valence-electron chi connectivity index (χ0n) is 4.70. The highest BCUT2D eigenvalue weighted by Crippen LogP contribution is 2.08. The standard InChI is InChI=1S/C3H4BrN3O2S/c4-2-1-6-10(8,9)7-3(2)5/h1,6H,(H2,5,7). The maximum atomic E-state index is 10.6. The molecule has 10 heavy (non-hydrogen) atoms. The van der Waals surface area contributed by atoms with Crippen LogP contribution in [0, 0.1) is 0 Å². The number of halogens is 1. The summed E-state index contributed by atoms with van der Waals surface area (Å²) in [6, 6.07) is 0. The molecule has 0 aromatic rings. The molecule has 3 N–H and O–H groups in total. The van der Waals surface area contributed by atoms with Gasteiger partial charge >= 0.3 is 10.2 Å². The van der Waals surface area contributed by atoms with E-state index in [2.05, 4.69) is 20.3 Å². The number of nitrogens with two attached hydrogens (primary N) is 1. The molecule has 5 nitrogen and oxygen atoms in total. The van der Waals surface area contributed by atoms with Crippen molar-refractivity contribution in [2.45, 2.75) is 0 Å². The maximum Gasteiger partial charge on any atom is 0.343 e. The molecule has 7 heteroatoms. The highest BCUT2D eigenvalue weighted by Gasteiger charge is 2.13. The molecule has 0 aromatic carbocycles. The van der Waals surface area contributed by atoms with Crippen molar-refractivity contribution in [3.05, 3.63) is 10.7 Å². The second-order valence-electron chi connectivity index (χ2n) is 1.56. The molecule has 0 aromatic heterocycles. The molecule has 1 heterocycles. The van der Waals surface area contributed by atoms with Crippen molar-refractivity contribution in [2.24, 2.45) is 10.1 Å². The van der Waals surface area contributed by atoms with Crippen LogP contribution in [0.1, 0.15) is 0 Å². The van der Waals surface area contributed by atoms with Crippen LogP contribution in [-0.2, 0) is 10.2 Å². The third kappa shape index (κ3) is 1.48. The zero-order chi connectivity index (χ0) is 7.78. The number of nitrogens with one attached hydrogen (secondary N) is 1. The summed E-state index contributed by atoms with van der Waals surface area (Å²) < 4.78 is 26.7. The largest absolute Gasteiger partial charge is 0.382 e. The monoisotopic (exact) mass is 225 g/mol. The summed E-state index contributed by atoms with van der Waals surface area (Å²) >= 11 is 2.98. The number of amidine groups is 1. The SMILES string of the molecule is NC1=NS(=O)(=O)NC=C1Br. The second-order valence-corrected chi connectivity index (χ2v) is 3.78. The van der Waals surface area contributed by atoms with Crippen molar-refractivity contribution >= 4 is 32.0 Å². The van der Waals surface area contributed by atoms with Gasteiger partial charge < -0.3 is 5.73 Å². The summed E-state index contributed by atoms with van der Waals surface area (Å²) in [5.74, 6) is -0.0428. The van der Waals surface area contributed by atoms with Gasteiger partial charge in [-0.3, -0.25) is 4.72 Å². The molecule has 1 rings (SSSR count). The minimum atomic E-state index is -3.56. The van der Waals surface area contributed by atoms with Crippen molar-refractivity contribution in [1.29, 1.82) is 0 Å². The van der Waals surface area contributed by atoms with E-state index in [4.69, 9.17) is 5.73 Å². The van der Waals surface area contributed by atoms with Gasteiger partial charge in [0, 0.05) is 6.20 Å². The number of rotatable bonds is 0. The molecule has 0 atom stereocenters. The molecule has 0 aliphatic carbocycles. The van der Waals surface area contributed by atoms with Crippen LogP contribution in [0.3, 0.4) is 0 Å². The van der Waals surface area contributed by atoms with E-state index in [-0.39, 0.29) is 5.84 Å². The first kappa shape index (κ1) is 7.55. The lowest BCUT2D eigenvalue weighted by Gasteiger charge is -2.06. The van der Waals surface area contributed by atoms with E-state index in [1.54, 1.807) is 0 Å². The summed E-state index contributed by atoms with van der Waals surface area (Å²) in [5.41, 5.74) is 5.17. The Kier molecular flexibility index (Phi) is 1.69. The van der Waals surface area contributed by atoms with Gasteiger partial charge in [0.15, 0.2) is 5.84 Å². The molecule has 0 radical (unpaired) electrons. The Bertz CT molecular complexity index is 304. The number of hydrogen-bond donors (Lipinski definition) is 2. The topological polar surface area (TPSA) is 84.5 Å². The average Bonchev–Trinajstić information content (AvgIpc) is 1.79. The summed E-state index contributed by atoms with van der Waals surface area (Å²) in [4.78, 5) is 0.